The second-order valence-electron chi connectivity index (χ2n) is 4.85. The van der Waals surface area contributed by atoms with E-state index in [1.54, 1.807) is 38.3 Å². The molecule has 114 valence electrons. The van der Waals surface area contributed by atoms with E-state index in [2.05, 4.69) is 5.32 Å². The number of anilines is 1. The van der Waals surface area contributed by atoms with Crippen LogP contribution in [0.3, 0.4) is 0 Å². The molecule has 6 heteroatoms. The molecule has 0 saturated heterocycles. The number of nitrogens with zero attached hydrogens (tertiary/aromatic N) is 1. The number of amides is 1. The van der Waals surface area contributed by atoms with Crippen molar-refractivity contribution in [3.8, 4) is 0 Å². The van der Waals surface area contributed by atoms with E-state index >= 15 is 0 Å². The van der Waals surface area contributed by atoms with Crippen LogP contribution in [-0.2, 0) is 11.3 Å². The third-order valence-electron chi connectivity index (χ3n) is 3.16. The molecule has 0 aliphatic heterocycles. The van der Waals surface area contributed by atoms with Crippen LogP contribution in [-0.4, -0.2) is 17.9 Å². The highest BCUT2D eigenvalue weighted by molar-refractivity contribution is 6.04. The number of carbonyl (C=O) groups excluding carboxylic acids is 1. The van der Waals surface area contributed by atoms with Crippen LogP contribution in [0.15, 0.2) is 42.5 Å². The highest BCUT2D eigenvalue weighted by Gasteiger charge is 2.15. The minimum absolute atomic E-state index is 0.0687. The highest BCUT2D eigenvalue weighted by atomic mass is 16.6. The molecule has 0 aliphatic rings. The lowest BCUT2D eigenvalue weighted by Crippen LogP contribution is -2.12. The van der Waals surface area contributed by atoms with Crippen LogP contribution in [0.1, 0.15) is 21.5 Å². The second-order valence-corrected chi connectivity index (χ2v) is 4.85. The van der Waals surface area contributed by atoms with Gasteiger partial charge in [-0.15, -0.1) is 0 Å². The highest BCUT2D eigenvalue weighted by Crippen LogP contribution is 2.20. The predicted octanol–water partition coefficient (Wildman–Crippen LogP) is 3.30. The molecule has 22 heavy (non-hydrogen) atoms. The number of hydrogen-bond donors (Lipinski definition) is 1. The van der Waals surface area contributed by atoms with Gasteiger partial charge in [-0.2, -0.15) is 0 Å². The van der Waals surface area contributed by atoms with E-state index in [0.717, 1.165) is 5.56 Å². The first-order chi connectivity index (χ1) is 10.5. The Hall–Kier alpha value is -2.73. The van der Waals surface area contributed by atoms with Gasteiger partial charge in [0, 0.05) is 30.0 Å². The number of benzene rings is 2. The van der Waals surface area contributed by atoms with Gasteiger partial charge in [-0.3, -0.25) is 14.9 Å². The van der Waals surface area contributed by atoms with Gasteiger partial charge < -0.3 is 10.1 Å². The maximum absolute atomic E-state index is 12.2. The number of nitrogens with one attached hydrogen (secondary N) is 1. The molecule has 0 aromatic heterocycles. The smallest absolute Gasteiger partial charge is 0.273 e. The van der Waals surface area contributed by atoms with Gasteiger partial charge in [0.05, 0.1) is 11.5 Å². The Morgan fingerprint density at radius 2 is 2.05 bits per heavy atom. The van der Waals surface area contributed by atoms with Crippen molar-refractivity contribution >= 4 is 17.3 Å². The van der Waals surface area contributed by atoms with Crippen molar-refractivity contribution in [1.82, 2.24) is 0 Å². The first-order valence-corrected chi connectivity index (χ1v) is 6.65. The van der Waals surface area contributed by atoms with Crippen LogP contribution in [0, 0.1) is 17.0 Å². The first-order valence-electron chi connectivity index (χ1n) is 6.65. The van der Waals surface area contributed by atoms with Crippen LogP contribution >= 0.6 is 0 Å². The summed E-state index contributed by atoms with van der Waals surface area (Å²) in [7, 11) is 1.59. The zero-order valence-corrected chi connectivity index (χ0v) is 12.3. The fraction of sp³-hybridized carbons (Fsp3) is 0.188. The molecule has 0 unspecified atom stereocenters. The van der Waals surface area contributed by atoms with Crippen molar-refractivity contribution in [3.05, 3.63) is 69.3 Å². The quantitative estimate of drug-likeness (QED) is 0.678. The summed E-state index contributed by atoms with van der Waals surface area (Å²) < 4.78 is 5.04. The Morgan fingerprint density at radius 3 is 2.73 bits per heavy atom. The minimum Gasteiger partial charge on any atom is -0.380 e. The molecule has 0 radical (unpaired) electrons. The van der Waals surface area contributed by atoms with Crippen LogP contribution in [0.2, 0.25) is 0 Å². The summed E-state index contributed by atoms with van der Waals surface area (Å²) in [4.78, 5) is 22.6. The van der Waals surface area contributed by atoms with E-state index < -0.39 is 10.8 Å². The average molecular weight is 300 g/mol. The summed E-state index contributed by atoms with van der Waals surface area (Å²) in [5, 5.41) is 13.7. The number of rotatable bonds is 5. The Bertz CT molecular complexity index is 713. The Balaban J connectivity index is 2.20. The summed E-state index contributed by atoms with van der Waals surface area (Å²) in [5.74, 6) is -0.391. The van der Waals surface area contributed by atoms with Gasteiger partial charge in [-0.1, -0.05) is 18.2 Å². The number of nitro groups is 1. The van der Waals surface area contributed by atoms with Crippen LogP contribution in [0.25, 0.3) is 0 Å². The van der Waals surface area contributed by atoms with E-state index in [9.17, 15) is 14.9 Å². The Morgan fingerprint density at radius 1 is 1.27 bits per heavy atom. The molecule has 0 spiro atoms. The van der Waals surface area contributed by atoms with Gasteiger partial charge in [0.2, 0.25) is 0 Å². The molecular weight excluding hydrogens is 284 g/mol. The maximum atomic E-state index is 12.2. The lowest BCUT2D eigenvalue weighted by Gasteiger charge is -2.08. The van der Waals surface area contributed by atoms with Crippen LogP contribution < -0.4 is 5.32 Å². The van der Waals surface area contributed by atoms with Gasteiger partial charge >= 0.3 is 0 Å². The standard InChI is InChI=1S/C16H16N2O4/c1-11-6-7-13(9-15(11)18(20)21)16(19)17-14-5-3-4-12(8-14)10-22-2/h3-9H,10H2,1-2H3,(H,17,19). The largest absolute Gasteiger partial charge is 0.380 e. The number of ether oxygens (including phenoxy) is 1. The molecule has 1 amide bonds. The molecule has 0 bridgehead atoms. The SMILES string of the molecule is COCc1cccc(NC(=O)c2ccc(C)c([N+](=O)[O-])c2)c1. The van der Waals surface area contributed by atoms with Gasteiger partial charge in [0.25, 0.3) is 11.6 Å². The summed E-state index contributed by atoms with van der Waals surface area (Å²) >= 11 is 0. The third-order valence-corrected chi connectivity index (χ3v) is 3.16. The number of aryl methyl sites for hydroxylation is 1. The van der Waals surface area contributed by atoms with Crippen molar-refractivity contribution in [3.63, 3.8) is 0 Å². The fourth-order valence-corrected chi connectivity index (χ4v) is 2.06. The third kappa shape index (κ3) is 3.67. The van der Waals surface area contributed by atoms with Crippen molar-refractivity contribution in [1.29, 1.82) is 0 Å². The molecule has 2 rings (SSSR count). The molecule has 0 aliphatic carbocycles. The van der Waals surface area contributed by atoms with E-state index in [4.69, 9.17) is 4.74 Å². The molecule has 6 nitrogen and oxygen atoms in total. The number of methoxy groups -OCH3 is 1. The monoisotopic (exact) mass is 300 g/mol. The van der Waals surface area contributed by atoms with E-state index in [-0.39, 0.29) is 11.3 Å². The molecule has 2 aromatic rings. The number of carbonyl (C=O) groups is 1. The van der Waals surface area contributed by atoms with Crippen molar-refractivity contribution in [2.24, 2.45) is 0 Å². The molecule has 0 saturated carbocycles. The summed E-state index contributed by atoms with van der Waals surface area (Å²) in [6, 6.07) is 11.6. The lowest BCUT2D eigenvalue weighted by molar-refractivity contribution is -0.385. The summed E-state index contributed by atoms with van der Waals surface area (Å²) in [6.07, 6.45) is 0. The molecule has 1 N–H and O–H groups in total. The zero-order chi connectivity index (χ0) is 16.1. The van der Waals surface area contributed by atoms with Gasteiger partial charge in [-0.25, -0.2) is 0 Å². The molecule has 0 atom stereocenters. The molecule has 0 fully saturated rings. The summed E-state index contributed by atoms with van der Waals surface area (Å²) in [5.41, 5.74) is 2.23. The van der Waals surface area contributed by atoms with E-state index in [0.29, 0.717) is 17.9 Å². The average Bonchev–Trinajstić information content (AvgIpc) is 2.48. The van der Waals surface area contributed by atoms with Gasteiger partial charge in [-0.05, 0) is 30.7 Å². The topological polar surface area (TPSA) is 81.5 Å². The van der Waals surface area contributed by atoms with Gasteiger partial charge in [0.1, 0.15) is 0 Å². The fourth-order valence-electron chi connectivity index (χ4n) is 2.06. The number of hydrogen-bond acceptors (Lipinski definition) is 4. The lowest BCUT2D eigenvalue weighted by atomic mass is 10.1. The van der Waals surface area contributed by atoms with Crippen LogP contribution in [0.5, 0.6) is 0 Å². The second kappa shape index (κ2) is 6.82. The molecule has 0 heterocycles. The van der Waals surface area contributed by atoms with Crippen molar-refractivity contribution in [2.45, 2.75) is 13.5 Å². The van der Waals surface area contributed by atoms with Crippen LogP contribution in [0.4, 0.5) is 11.4 Å². The van der Waals surface area contributed by atoms with Gasteiger partial charge in [0.15, 0.2) is 0 Å². The van der Waals surface area contributed by atoms with E-state index in [1.165, 1.54) is 6.07 Å². The maximum Gasteiger partial charge on any atom is 0.273 e. The zero-order valence-electron chi connectivity index (χ0n) is 12.3. The van der Waals surface area contributed by atoms with Crippen molar-refractivity contribution < 1.29 is 14.5 Å². The number of nitro benzene ring substituents is 1. The molecular formula is C16H16N2O4. The molecule has 2 aromatic carbocycles. The predicted molar refractivity (Wildman–Crippen MR) is 82.9 cm³/mol. The minimum atomic E-state index is -0.495. The summed E-state index contributed by atoms with van der Waals surface area (Å²) in [6.45, 7) is 2.08. The normalized spacial score (nSPS) is 10.3. The Kier molecular flexibility index (Phi) is 4.85. The Labute approximate surface area is 127 Å². The van der Waals surface area contributed by atoms with E-state index in [1.807, 2.05) is 12.1 Å². The first kappa shape index (κ1) is 15.7. The van der Waals surface area contributed by atoms with Crippen molar-refractivity contribution in [2.75, 3.05) is 12.4 Å².